The highest BCUT2D eigenvalue weighted by Gasteiger charge is 2.23. The Labute approximate surface area is 111 Å². The van der Waals surface area contributed by atoms with E-state index in [0.717, 1.165) is 5.69 Å². The first-order chi connectivity index (χ1) is 8.90. The van der Waals surface area contributed by atoms with Crippen molar-refractivity contribution in [2.45, 2.75) is 33.4 Å². The summed E-state index contributed by atoms with van der Waals surface area (Å²) in [7, 11) is 0. The van der Waals surface area contributed by atoms with Crippen LogP contribution in [-0.2, 0) is 16.1 Å². The van der Waals surface area contributed by atoms with Gasteiger partial charge in [-0.3, -0.25) is 4.98 Å². The van der Waals surface area contributed by atoms with Crippen LogP contribution in [0, 0.1) is 12.8 Å². The molecule has 0 aliphatic carbocycles. The third-order valence-electron chi connectivity index (χ3n) is 2.50. The van der Waals surface area contributed by atoms with Crippen molar-refractivity contribution in [3.63, 3.8) is 0 Å². The number of carboxylic acids is 1. The van der Waals surface area contributed by atoms with Gasteiger partial charge in [0.15, 0.2) is 0 Å². The molecule has 0 aliphatic rings. The van der Waals surface area contributed by atoms with E-state index in [1.807, 2.05) is 19.1 Å². The maximum atomic E-state index is 11.5. The summed E-state index contributed by atoms with van der Waals surface area (Å²) in [5.41, 5.74) is 1.44. The molecule has 0 saturated heterocycles. The van der Waals surface area contributed by atoms with Crippen LogP contribution in [0.15, 0.2) is 18.2 Å². The van der Waals surface area contributed by atoms with Crippen molar-refractivity contribution in [1.82, 2.24) is 10.3 Å². The minimum Gasteiger partial charge on any atom is -0.480 e. The van der Waals surface area contributed by atoms with Crippen molar-refractivity contribution >= 4 is 12.1 Å². The van der Waals surface area contributed by atoms with Crippen molar-refractivity contribution in [3.05, 3.63) is 29.6 Å². The zero-order valence-corrected chi connectivity index (χ0v) is 11.2. The molecule has 6 nitrogen and oxygen atoms in total. The molecule has 1 unspecified atom stereocenters. The molecule has 1 heterocycles. The molecule has 0 aromatic carbocycles. The molecule has 0 bridgehead atoms. The average molecular weight is 266 g/mol. The molecule has 0 fully saturated rings. The molecule has 0 spiro atoms. The van der Waals surface area contributed by atoms with Crippen LogP contribution in [0.3, 0.4) is 0 Å². The number of carboxylic acid groups (broad SMARTS) is 1. The van der Waals surface area contributed by atoms with Crippen LogP contribution in [0.25, 0.3) is 0 Å². The molecule has 19 heavy (non-hydrogen) atoms. The monoisotopic (exact) mass is 266 g/mol. The Kier molecular flexibility index (Phi) is 5.29. The van der Waals surface area contributed by atoms with Crippen molar-refractivity contribution < 1.29 is 19.4 Å². The summed E-state index contributed by atoms with van der Waals surface area (Å²) >= 11 is 0. The number of aryl methyl sites for hydroxylation is 1. The number of aromatic nitrogens is 1. The largest absolute Gasteiger partial charge is 0.480 e. The molecule has 1 atom stereocenters. The van der Waals surface area contributed by atoms with Crippen LogP contribution in [0.4, 0.5) is 4.79 Å². The van der Waals surface area contributed by atoms with Gasteiger partial charge in [-0.1, -0.05) is 19.9 Å². The number of carbonyl (C=O) groups excluding carboxylic acids is 1. The Bertz CT molecular complexity index is 460. The number of pyridine rings is 1. The van der Waals surface area contributed by atoms with E-state index in [9.17, 15) is 9.59 Å². The number of nitrogens with zero attached hydrogens (tertiary/aromatic N) is 1. The van der Waals surface area contributed by atoms with Crippen LogP contribution >= 0.6 is 0 Å². The first-order valence-electron chi connectivity index (χ1n) is 5.98. The highest BCUT2D eigenvalue weighted by Crippen LogP contribution is 2.04. The fourth-order valence-corrected chi connectivity index (χ4v) is 1.50. The third kappa shape index (κ3) is 4.95. The van der Waals surface area contributed by atoms with E-state index in [0.29, 0.717) is 5.69 Å². The Morgan fingerprint density at radius 1 is 1.42 bits per heavy atom. The number of hydrogen-bond acceptors (Lipinski definition) is 4. The van der Waals surface area contributed by atoms with Gasteiger partial charge in [-0.25, -0.2) is 9.59 Å². The van der Waals surface area contributed by atoms with Gasteiger partial charge >= 0.3 is 12.1 Å². The SMILES string of the molecule is Cc1cccc(COC(=O)NC(C(=O)O)C(C)C)n1. The van der Waals surface area contributed by atoms with Gasteiger partial charge in [0.25, 0.3) is 0 Å². The van der Waals surface area contributed by atoms with Gasteiger partial charge in [-0.2, -0.15) is 0 Å². The number of alkyl carbamates (subject to hydrolysis) is 1. The molecule has 104 valence electrons. The molecule has 0 radical (unpaired) electrons. The summed E-state index contributed by atoms with van der Waals surface area (Å²) in [4.78, 5) is 26.6. The van der Waals surface area contributed by atoms with E-state index in [4.69, 9.17) is 9.84 Å². The number of carbonyl (C=O) groups is 2. The zero-order valence-electron chi connectivity index (χ0n) is 11.2. The van der Waals surface area contributed by atoms with Crippen LogP contribution < -0.4 is 5.32 Å². The van der Waals surface area contributed by atoms with Gasteiger partial charge in [0.05, 0.1) is 5.69 Å². The normalized spacial score (nSPS) is 12.0. The first kappa shape index (κ1) is 14.9. The molecular formula is C13H18N2O4. The second-order valence-electron chi connectivity index (χ2n) is 4.55. The van der Waals surface area contributed by atoms with Gasteiger partial charge in [0.2, 0.25) is 0 Å². The molecule has 1 amide bonds. The van der Waals surface area contributed by atoms with Crippen molar-refractivity contribution in [2.24, 2.45) is 5.92 Å². The molecule has 2 N–H and O–H groups in total. The predicted molar refractivity (Wildman–Crippen MR) is 68.6 cm³/mol. The molecule has 6 heteroatoms. The lowest BCUT2D eigenvalue weighted by molar-refractivity contribution is -0.140. The maximum absolute atomic E-state index is 11.5. The van der Waals surface area contributed by atoms with Crippen molar-refractivity contribution in [3.8, 4) is 0 Å². The summed E-state index contributed by atoms with van der Waals surface area (Å²) in [5, 5.41) is 11.2. The van der Waals surface area contributed by atoms with Crippen LogP contribution in [0.5, 0.6) is 0 Å². The van der Waals surface area contributed by atoms with Crippen molar-refractivity contribution in [2.75, 3.05) is 0 Å². The quantitative estimate of drug-likeness (QED) is 0.847. The Morgan fingerprint density at radius 2 is 2.11 bits per heavy atom. The van der Waals surface area contributed by atoms with Gasteiger partial charge < -0.3 is 15.2 Å². The fourth-order valence-electron chi connectivity index (χ4n) is 1.50. The highest BCUT2D eigenvalue weighted by atomic mass is 16.5. The molecule has 1 aromatic heterocycles. The summed E-state index contributed by atoms with van der Waals surface area (Å²) in [6.45, 7) is 5.27. The molecule has 1 rings (SSSR count). The van der Waals surface area contributed by atoms with E-state index in [1.54, 1.807) is 19.9 Å². The number of nitrogens with one attached hydrogen (secondary N) is 1. The molecule has 0 aliphatic heterocycles. The maximum Gasteiger partial charge on any atom is 0.408 e. The summed E-state index contributed by atoms with van der Waals surface area (Å²) < 4.78 is 4.94. The van der Waals surface area contributed by atoms with E-state index in [1.165, 1.54) is 0 Å². The molecule has 1 aromatic rings. The number of ether oxygens (including phenoxy) is 1. The smallest absolute Gasteiger partial charge is 0.408 e. The zero-order chi connectivity index (χ0) is 14.4. The predicted octanol–water partition coefficient (Wildman–Crippen LogP) is 1.73. The Balaban J connectivity index is 2.49. The topological polar surface area (TPSA) is 88.5 Å². The Morgan fingerprint density at radius 3 is 2.63 bits per heavy atom. The van der Waals surface area contributed by atoms with Crippen LogP contribution in [0.1, 0.15) is 25.2 Å². The van der Waals surface area contributed by atoms with Gasteiger partial charge in [-0.15, -0.1) is 0 Å². The van der Waals surface area contributed by atoms with E-state index < -0.39 is 18.1 Å². The second-order valence-corrected chi connectivity index (χ2v) is 4.55. The highest BCUT2D eigenvalue weighted by molar-refractivity contribution is 5.80. The van der Waals surface area contributed by atoms with Crippen LogP contribution in [0.2, 0.25) is 0 Å². The minimum absolute atomic E-state index is 0.0119. The van der Waals surface area contributed by atoms with E-state index in [2.05, 4.69) is 10.3 Å². The second kappa shape index (κ2) is 6.72. The van der Waals surface area contributed by atoms with E-state index in [-0.39, 0.29) is 12.5 Å². The molecular weight excluding hydrogens is 248 g/mol. The van der Waals surface area contributed by atoms with Gasteiger partial charge in [0, 0.05) is 5.69 Å². The van der Waals surface area contributed by atoms with Crippen LogP contribution in [-0.4, -0.2) is 28.2 Å². The number of hydrogen-bond donors (Lipinski definition) is 2. The summed E-state index contributed by atoms with van der Waals surface area (Å²) in [6.07, 6.45) is -0.760. The number of aliphatic carboxylic acids is 1. The Hall–Kier alpha value is -2.11. The fraction of sp³-hybridized carbons (Fsp3) is 0.462. The summed E-state index contributed by atoms with van der Waals surface area (Å²) in [6, 6.07) is 4.42. The molecule has 0 saturated carbocycles. The summed E-state index contributed by atoms with van der Waals surface area (Å²) in [5.74, 6) is -1.30. The van der Waals surface area contributed by atoms with E-state index >= 15 is 0 Å². The lowest BCUT2D eigenvalue weighted by Gasteiger charge is -2.17. The lowest BCUT2D eigenvalue weighted by Crippen LogP contribution is -2.44. The number of amides is 1. The lowest BCUT2D eigenvalue weighted by atomic mass is 10.1. The number of rotatable bonds is 5. The van der Waals surface area contributed by atoms with Crippen molar-refractivity contribution in [1.29, 1.82) is 0 Å². The average Bonchev–Trinajstić information content (AvgIpc) is 2.32. The standard InChI is InChI=1S/C13H18N2O4/c1-8(2)11(12(16)17)15-13(18)19-7-10-6-4-5-9(3)14-10/h4-6,8,11H,7H2,1-3H3,(H,15,18)(H,16,17). The third-order valence-corrected chi connectivity index (χ3v) is 2.50. The van der Waals surface area contributed by atoms with Gasteiger partial charge in [-0.05, 0) is 25.0 Å². The first-order valence-corrected chi connectivity index (χ1v) is 5.98. The minimum atomic E-state index is -1.08. The van der Waals surface area contributed by atoms with Gasteiger partial charge in [0.1, 0.15) is 12.6 Å².